The van der Waals surface area contributed by atoms with Gasteiger partial charge in [0.1, 0.15) is 0 Å². The fourth-order valence-corrected chi connectivity index (χ4v) is 3.54. The quantitative estimate of drug-likeness (QED) is 0.636. The Bertz CT molecular complexity index is 429. The Hall–Kier alpha value is -0.900. The van der Waals surface area contributed by atoms with Crippen molar-refractivity contribution in [2.75, 3.05) is 26.2 Å². The minimum atomic E-state index is -0.417. The Morgan fingerprint density at radius 1 is 1.04 bits per heavy atom. The van der Waals surface area contributed by atoms with Crippen molar-refractivity contribution < 1.29 is 5.11 Å². The Balaban J connectivity index is 1.79. The van der Waals surface area contributed by atoms with Gasteiger partial charge >= 0.3 is 0 Å². The van der Waals surface area contributed by atoms with Crippen molar-refractivity contribution in [2.24, 2.45) is 5.92 Å². The Kier molecular flexibility index (Phi) is 8.79. The minimum Gasteiger partial charge on any atom is -0.387 e. The number of hydrogen-bond donors (Lipinski definition) is 2. The lowest BCUT2D eigenvalue weighted by Crippen LogP contribution is -2.38. The monoisotopic (exact) mass is 332 g/mol. The van der Waals surface area contributed by atoms with Crippen LogP contribution in [0.25, 0.3) is 0 Å². The highest BCUT2D eigenvalue weighted by Crippen LogP contribution is 2.21. The van der Waals surface area contributed by atoms with Crippen LogP contribution in [0.4, 0.5) is 0 Å². The van der Waals surface area contributed by atoms with Crippen LogP contribution < -0.4 is 5.32 Å². The van der Waals surface area contributed by atoms with Crippen LogP contribution >= 0.6 is 0 Å². The van der Waals surface area contributed by atoms with Crippen molar-refractivity contribution in [2.45, 2.75) is 64.5 Å². The molecule has 0 spiro atoms. The summed E-state index contributed by atoms with van der Waals surface area (Å²) in [5.74, 6) is 0.672. The van der Waals surface area contributed by atoms with E-state index in [0.29, 0.717) is 5.92 Å². The van der Waals surface area contributed by atoms with Crippen LogP contribution in [-0.4, -0.2) is 42.2 Å². The molecular formula is C21H36N2O. The van der Waals surface area contributed by atoms with Crippen LogP contribution in [0.3, 0.4) is 0 Å². The lowest BCUT2D eigenvalue weighted by Gasteiger charge is -2.28. The number of likely N-dealkylation sites (tertiary alicyclic amines) is 1. The zero-order chi connectivity index (χ0) is 17.2. The number of nitrogens with zero attached hydrogens (tertiary/aromatic N) is 1. The topological polar surface area (TPSA) is 35.5 Å². The van der Waals surface area contributed by atoms with Crippen molar-refractivity contribution >= 4 is 0 Å². The molecule has 1 aliphatic heterocycles. The molecule has 0 amide bonds. The van der Waals surface area contributed by atoms with Gasteiger partial charge in [0.05, 0.1) is 6.10 Å². The smallest absolute Gasteiger partial charge is 0.0942 e. The van der Waals surface area contributed by atoms with Crippen molar-refractivity contribution in [3.8, 4) is 0 Å². The van der Waals surface area contributed by atoms with E-state index >= 15 is 0 Å². The van der Waals surface area contributed by atoms with E-state index in [1.807, 2.05) is 30.3 Å². The van der Waals surface area contributed by atoms with Gasteiger partial charge < -0.3 is 15.3 Å². The first-order chi connectivity index (χ1) is 11.7. The average molecular weight is 333 g/mol. The summed E-state index contributed by atoms with van der Waals surface area (Å²) in [6, 6.07) is 10.2. The molecule has 3 nitrogen and oxygen atoms in total. The number of benzene rings is 1. The highest BCUT2D eigenvalue weighted by molar-refractivity contribution is 5.18. The summed E-state index contributed by atoms with van der Waals surface area (Å²) >= 11 is 0. The molecular weight excluding hydrogens is 296 g/mol. The fraction of sp³-hybridized carbons (Fsp3) is 0.714. The molecule has 0 radical (unpaired) electrons. The Morgan fingerprint density at radius 3 is 2.42 bits per heavy atom. The summed E-state index contributed by atoms with van der Waals surface area (Å²) in [5, 5.41) is 14.4. The zero-order valence-corrected chi connectivity index (χ0v) is 15.6. The molecule has 2 rings (SSSR count). The van der Waals surface area contributed by atoms with Crippen molar-refractivity contribution in [3.05, 3.63) is 35.9 Å². The molecule has 1 aliphatic rings. The van der Waals surface area contributed by atoms with Gasteiger partial charge in [-0.25, -0.2) is 0 Å². The van der Waals surface area contributed by atoms with Crippen LogP contribution in [0.15, 0.2) is 30.3 Å². The molecule has 0 aromatic heterocycles. The Morgan fingerprint density at radius 2 is 1.75 bits per heavy atom. The maximum absolute atomic E-state index is 10.8. The maximum atomic E-state index is 10.8. The van der Waals surface area contributed by atoms with E-state index in [4.69, 9.17) is 0 Å². The number of aliphatic hydroxyl groups is 1. The summed E-state index contributed by atoms with van der Waals surface area (Å²) in [5.41, 5.74) is 1.02. The Labute approximate surface area is 148 Å². The second-order valence-electron chi connectivity index (χ2n) is 7.64. The van der Waals surface area contributed by atoms with E-state index in [1.165, 1.54) is 45.3 Å². The van der Waals surface area contributed by atoms with Crippen LogP contribution in [0.5, 0.6) is 0 Å². The van der Waals surface area contributed by atoms with Gasteiger partial charge in [0.25, 0.3) is 0 Å². The van der Waals surface area contributed by atoms with Gasteiger partial charge in [-0.2, -0.15) is 0 Å². The molecule has 0 bridgehead atoms. The molecule has 1 heterocycles. The van der Waals surface area contributed by atoms with Crippen molar-refractivity contribution in [1.82, 2.24) is 10.2 Å². The molecule has 0 aliphatic carbocycles. The number of rotatable bonds is 10. The van der Waals surface area contributed by atoms with E-state index in [2.05, 4.69) is 24.1 Å². The minimum absolute atomic E-state index is 0.149. The molecule has 1 aromatic rings. The maximum Gasteiger partial charge on any atom is 0.0942 e. The molecule has 2 N–H and O–H groups in total. The van der Waals surface area contributed by atoms with Gasteiger partial charge in [-0.1, -0.05) is 50.6 Å². The average Bonchev–Trinajstić information content (AvgIpc) is 2.62. The third-order valence-electron chi connectivity index (χ3n) is 5.08. The molecule has 1 fully saturated rings. The third kappa shape index (κ3) is 6.92. The molecule has 1 aromatic carbocycles. The van der Waals surface area contributed by atoms with Crippen LogP contribution in [0, 0.1) is 5.92 Å². The summed E-state index contributed by atoms with van der Waals surface area (Å²) in [6.45, 7) is 9.21. The van der Waals surface area contributed by atoms with Gasteiger partial charge in [0.2, 0.25) is 0 Å². The highest BCUT2D eigenvalue weighted by Gasteiger charge is 2.20. The SMILES string of the molecule is CC(C)CC[C@H](NCCCN1CCCCC1)[C@H](O)c1ccccc1. The lowest BCUT2D eigenvalue weighted by atomic mass is 9.95. The zero-order valence-electron chi connectivity index (χ0n) is 15.6. The lowest BCUT2D eigenvalue weighted by molar-refractivity contribution is 0.119. The molecule has 0 saturated carbocycles. The van der Waals surface area contributed by atoms with Crippen LogP contribution in [-0.2, 0) is 0 Å². The second kappa shape index (κ2) is 10.9. The van der Waals surface area contributed by atoms with Gasteiger partial charge in [-0.05, 0) is 69.8 Å². The van der Waals surface area contributed by atoms with E-state index in [-0.39, 0.29) is 6.04 Å². The van der Waals surface area contributed by atoms with E-state index in [9.17, 15) is 5.11 Å². The number of hydrogen-bond acceptors (Lipinski definition) is 3. The predicted octanol–water partition coefficient (Wildman–Crippen LogP) is 3.99. The number of aliphatic hydroxyl groups excluding tert-OH is 1. The summed E-state index contributed by atoms with van der Waals surface area (Å²) in [4.78, 5) is 2.59. The van der Waals surface area contributed by atoms with E-state index in [1.54, 1.807) is 0 Å². The first kappa shape index (κ1) is 19.4. The number of piperidine rings is 1. The summed E-state index contributed by atoms with van der Waals surface area (Å²) < 4.78 is 0. The second-order valence-corrected chi connectivity index (χ2v) is 7.64. The molecule has 3 heteroatoms. The molecule has 1 saturated heterocycles. The van der Waals surface area contributed by atoms with Crippen molar-refractivity contribution in [1.29, 1.82) is 0 Å². The first-order valence-corrected chi connectivity index (χ1v) is 9.85. The van der Waals surface area contributed by atoms with Crippen molar-refractivity contribution in [3.63, 3.8) is 0 Å². The standard InChI is InChI=1S/C21H36N2O/c1-18(2)12-13-20(21(24)19-10-5-3-6-11-19)22-14-9-17-23-15-7-4-8-16-23/h3,5-6,10-11,18,20-22,24H,4,7-9,12-17H2,1-2H3/t20-,21+/m0/s1. The largest absolute Gasteiger partial charge is 0.387 e. The van der Waals surface area contributed by atoms with Crippen LogP contribution in [0.1, 0.15) is 64.0 Å². The van der Waals surface area contributed by atoms with Gasteiger partial charge in [0, 0.05) is 6.04 Å². The molecule has 2 atom stereocenters. The van der Waals surface area contributed by atoms with E-state index < -0.39 is 6.10 Å². The van der Waals surface area contributed by atoms with Gasteiger partial charge in [-0.15, -0.1) is 0 Å². The molecule has 0 unspecified atom stereocenters. The summed E-state index contributed by atoms with van der Waals surface area (Å²) in [7, 11) is 0. The number of nitrogens with one attached hydrogen (secondary N) is 1. The van der Waals surface area contributed by atoms with E-state index in [0.717, 1.165) is 24.9 Å². The predicted molar refractivity (Wildman–Crippen MR) is 102 cm³/mol. The van der Waals surface area contributed by atoms with Gasteiger partial charge in [-0.3, -0.25) is 0 Å². The normalized spacial score (nSPS) is 18.7. The molecule has 136 valence electrons. The van der Waals surface area contributed by atoms with Gasteiger partial charge in [0.15, 0.2) is 0 Å². The first-order valence-electron chi connectivity index (χ1n) is 9.85. The van der Waals surface area contributed by atoms with Crippen LogP contribution in [0.2, 0.25) is 0 Å². The summed E-state index contributed by atoms with van der Waals surface area (Å²) in [6.07, 6.45) is 7.04. The highest BCUT2D eigenvalue weighted by atomic mass is 16.3. The third-order valence-corrected chi connectivity index (χ3v) is 5.08. The fourth-order valence-electron chi connectivity index (χ4n) is 3.54. The molecule has 24 heavy (non-hydrogen) atoms.